The minimum atomic E-state index is -3.92. The van der Waals surface area contributed by atoms with Crippen molar-refractivity contribution >= 4 is 33.8 Å². The monoisotopic (exact) mass is 435 g/mol. The Hall–Kier alpha value is -2.38. The summed E-state index contributed by atoms with van der Waals surface area (Å²) in [4.78, 5) is 24.7. The largest absolute Gasteiger partial charge is 0.444 e. The number of sulfone groups is 1. The number of halogens is 1. The fraction of sp³-hybridized carbons (Fsp3) is 0.333. The third kappa shape index (κ3) is 4.16. The highest BCUT2D eigenvalue weighted by Gasteiger charge is 2.73. The van der Waals surface area contributed by atoms with E-state index in [9.17, 15) is 18.0 Å². The summed E-state index contributed by atoms with van der Waals surface area (Å²) in [6, 6.07) is 14.4. The molecule has 0 aliphatic heterocycles. The Morgan fingerprint density at radius 2 is 1.69 bits per heavy atom. The molecule has 1 fully saturated rings. The van der Waals surface area contributed by atoms with E-state index in [1.165, 1.54) is 12.1 Å². The van der Waals surface area contributed by atoms with Gasteiger partial charge in [-0.25, -0.2) is 13.2 Å². The lowest BCUT2D eigenvalue weighted by Crippen LogP contribution is -2.45. The van der Waals surface area contributed by atoms with Crippen molar-refractivity contribution < 1.29 is 22.7 Å². The minimum absolute atomic E-state index is 0.0821. The van der Waals surface area contributed by atoms with E-state index in [1.54, 1.807) is 63.2 Å². The average molecular weight is 436 g/mol. The van der Waals surface area contributed by atoms with Gasteiger partial charge in [-0.05, 0) is 50.6 Å². The third-order valence-electron chi connectivity index (χ3n) is 4.73. The summed E-state index contributed by atoms with van der Waals surface area (Å²) in [6.45, 7) is 5.05. The van der Waals surface area contributed by atoms with Gasteiger partial charge in [0.2, 0.25) is 0 Å². The zero-order chi connectivity index (χ0) is 21.4. The van der Waals surface area contributed by atoms with E-state index >= 15 is 0 Å². The summed E-state index contributed by atoms with van der Waals surface area (Å²) >= 11 is 5.94. The van der Waals surface area contributed by atoms with Crippen molar-refractivity contribution in [2.45, 2.75) is 48.0 Å². The standard InChI is InChI=1S/C21H22ClNO5S/c1-20(2,3)28-19(25)23-21(13-24)17(14-9-11-15(22)12-10-14)18(21)29(26,27)16-7-5-4-6-8-16/h4-13,17-18H,1-3H3,(H,23,25)/t17-,18-,21-/m0/s1. The van der Waals surface area contributed by atoms with Gasteiger partial charge in [0.05, 0.1) is 4.90 Å². The highest BCUT2D eigenvalue weighted by molar-refractivity contribution is 7.92. The molecule has 1 saturated carbocycles. The van der Waals surface area contributed by atoms with Crippen molar-refractivity contribution in [3.8, 4) is 0 Å². The first-order valence-corrected chi connectivity index (χ1v) is 11.0. The van der Waals surface area contributed by atoms with Crippen LogP contribution in [0.2, 0.25) is 5.02 Å². The predicted octanol–water partition coefficient (Wildman–Crippen LogP) is 3.74. The molecule has 1 aliphatic carbocycles. The van der Waals surface area contributed by atoms with Crippen molar-refractivity contribution in [2.75, 3.05) is 0 Å². The van der Waals surface area contributed by atoms with Crippen molar-refractivity contribution in [3.63, 3.8) is 0 Å². The fourth-order valence-corrected chi connectivity index (χ4v) is 5.88. The van der Waals surface area contributed by atoms with Gasteiger partial charge in [-0.2, -0.15) is 0 Å². The summed E-state index contributed by atoms with van der Waals surface area (Å²) < 4.78 is 31.9. The Bertz CT molecular complexity index is 1020. The van der Waals surface area contributed by atoms with Crippen molar-refractivity contribution in [1.82, 2.24) is 5.32 Å². The Balaban J connectivity index is 2.04. The second-order valence-corrected chi connectivity index (χ2v) is 10.5. The summed E-state index contributed by atoms with van der Waals surface area (Å²) in [5.41, 5.74) is -1.85. The summed E-state index contributed by atoms with van der Waals surface area (Å²) in [6.07, 6.45) is -0.365. The van der Waals surface area contributed by atoms with E-state index in [1.807, 2.05) is 0 Å². The zero-order valence-electron chi connectivity index (χ0n) is 16.3. The number of rotatable bonds is 5. The van der Waals surface area contributed by atoms with Crippen LogP contribution in [0.5, 0.6) is 0 Å². The van der Waals surface area contributed by atoms with Gasteiger partial charge in [-0.3, -0.25) is 0 Å². The zero-order valence-corrected chi connectivity index (χ0v) is 17.8. The average Bonchev–Trinajstić information content (AvgIpc) is 3.31. The lowest BCUT2D eigenvalue weighted by Gasteiger charge is -2.22. The molecular weight excluding hydrogens is 414 g/mol. The quantitative estimate of drug-likeness (QED) is 0.722. The van der Waals surface area contributed by atoms with Crippen LogP contribution in [0.15, 0.2) is 59.5 Å². The molecule has 0 bridgehead atoms. The third-order valence-corrected chi connectivity index (χ3v) is 7.24. The molecule has 8 heteroatoms. The molecule has 0 aromatic heterocycles. The Labute approximate surface area is 175 Å². The molecule has 29 heavy (non-hydrogen) atoms. The van der Waals surface area contributed by atoms with Crippen LogP contribution in [0.4, 0.5) is 4.79 Å². The molecule has 1 amide bonds. The first-order valence-electron chi connectivity index (χ1n) is 9.03. The normalized spacial score (nSPS) is 23.9. The lowest BCUT2D eigenvalue weighted by molar-refractivity contribution is -0.110. The summed E-state index contributed by atoms with van der Waals surface area (Å²) in [7, 11) is -3.92. The van der Waals surface area contributed by atoms with Gasteiger partial charge in [0.15, 0.2) is 9.84 Å². The van der Waals surface area contributed by atoms with Gasteiger partial charge in [0.1, 0.15) is 22.7 Å². The maximum absolute atomic E-state index is 13.3. The molecular formula is C21H22ClNO5S. The van der Waals surface area contributed by atoms with Crippen LogP contribution in [0.25, 0.3) is 0 Å². The van der Waals surface area contributed by atoms with Gasteiger partial charge in [0, 0.05) is 10.9 Å². The maximum Gasteiger partial charge on any atom is 0.408 e. The minimum Gasteiger partial charge on any atom is -0.444 e. The topological polar surface area (TPSA) is 89.5 Å². The molecule has 0 unspecified atom stereocenters. The van der Waals surface area contributed by atoms with E-state index in [4.69, 9.17) is 16.3 Å². The summed E-state index contributed by atoms with van der Waals surface area (Å²) in [5.74, 6) is -0.769. The van der Waals surface area contributed by atoms with Crippen LogP contribution < -0.4 is 5.32 Å². The van der Waals surface area contributed by atoms with E-state index in [2.05, 4.69) is 5.32 Å². The molecule has 0 spiro atoms. The number of benzene rings is 2. The van der Waals surface area contributed by atoms with E-state index < -0.39 is 38.2 Å². The highest BCUT2D eigenvalue weighted by Crippen LogP contribution is 2.56. The van der Waals surface area contributed by atoms with Gasteiger partial charge in [-0.1, -0.05) is 41.9 Å². The number of carbonyl (C=O) groups excluding carboxylic acids is 2. The van der Waals surface area contributed by atoms with Gasteiger partial charge < -0.3 is 14.8 Å². The number of ether oxygens (including phenoxy) is 1. The van der Waals surface area contributed by atoms with Crippen LogP contribution in [-0.4, -0.2) is 37.2 Å². The second-order valence-electron chi connectivity index (χ2n) is 7.99. The summed E-state index contributed by atoms with van der Waals surface area (Å²) in [5, 5.41) is 1.84. The molecule has 154 valence electrons. The highest BCUT2D eigenvalue weighted by atomic mass is 35.5. The molecule has 0 heterocycles. The van der Waals surface area contributed by atoms with E-state index in [-0.39, 0.29) is 4.90 Å². The second kappa shape index (κ2) is 7.46. The number of hydrogen-bond acceptors (Lipinski definition) is 5. The number of amides is 1. The Morgan fingerprint density at radius 1 is 1.10 bits per heavy atom. The number of nitrogens with one attached hydrogen (secondary N) is 1. The van der Waals surface area contributed by atoms with Crippen molar-refractivity contribution in [2.24, 2.45) is 0 Å². The van der Waals surface area contributed by atoms with Crippen LogP contribution in [0.1, 0.15) is 32.3 Å². The first-order chi connectivity index (χ1) is 13.5. The van der Waals surface area contributed by atoms with E-state index in [0.29, 0.717) is 16.9 Å². The van der Waals surface area contributed by atoms with Crippen LogP contribution in [-0.2, 0) is 19.4 Å². The van der Waals surface area contributed by atoms with Gasteiger partial charge in [0.25, 0.3) is 0 Å². The first kappa shape index (κ1) is 21.3. The maximum atomic E-state index is 13.3. The van der Waals surface area contributed by atoms with E-state index in [0.717, 1.165) is 0 Å². The molecule has 2 aromatic carbocycles. The molecule has 0 radical (unpaired) electrons. The SMILES string of the molecule is CC(C)(C)OC(=O)N[C@@]1(C=O)[C@@H](c2ccc(Cl)cc2)[C@@H]1S(=O)(=O)c1ccccc1. The van der Waals surface area contributed by atoms with Gasteiger partial charge in [-0.15, -0.1) is 0 Å². The van der Waals surface area contributed by atoms with Crippen molar-refractivity contribution in [1.29, 1.82) is 0 Å². The number of alkyl carbamates (subject to hydrolysis) is 1. The molecule has 3 rings (SSSR count). The smallest absolute Gasteiger partial charge is 0.408 e. The van der Waals surface area contributed by atoms with Crippen LogP contribution >= 0.6 is 11.6 Å². The van der Waals surface area contributed by atoms with Crippen LogP contribution in [0.3, 0.4) is 0 Å². The predicted molar refractivity (Wildman–Crippen MR) is 110 cm³/mol. The van der Waals surface area contributed by atoms with Crippen molar-refractivity contribution in [3.05, 3.63) is 65.2 Å². The Kier molecular flexibility index (Phi) is 5.49. The van der Waals surface area contributed by atoms with Crippen LogP contribution in [0, 0.1) is 0 Å². The molecule has 1 N–H and O–H groups in total. The Morgan fingerprint density at radius 3 is 2.21 bits per heavy atom. The number of aldehydes is 1. The number of carbonyl (C=O) groups is 2. The number of hydrogen-bond donors (Lipinski definition) is 1. The molecule has 3 atom stereocenters. The lowest BCUT2D eigenvalue weighted by atomic mass is 10.1. The molecule has 1 aliphatic rings. The molecule has 2 aromatic rings. The van der Waals surface area contributed by atoms with Gasteiger partial charge >= 0.3 is 6.09 Å². The molecule has 6 nitrogen and oxygen atoms in total. The molecule has 0 saturated heterocycles. The fourth-order valence-electron chi connectivity index (χ4n) is 3.49.